The standard InChI is InChI=1S/C23H27F4N7/c1-13-14(5-4-9-23(25,26)27)11-18-17(30-13)7-6-16(31-18)15-8-10-34-19(15)20(28)32-21(33-34)29-12-22(2,3)24/h6-8,10,14H,4-5,9,11-12H2,1-3H3,(H3,28,29,32,33). The third kappa shape index (κ3) is 5.45. The second-order valence-electron chi connectivity index (χ2n) is 9.24. The molecule has 182 valence electrons. The van der Waals surface area contributed by atoms with Gasteiger partial charge >= 0.3 is 6.18 Å². The lowest BCUT2D eigenvalue weighted by molar-refractivity contribution is -0.135. The number of aliphatic imine (C=N–C) groups is 1. The summed E-state index contributed by atoms with van der Waals surface area (Å²) in [7, 11) is 0. The van der Waals surface area contributed by atoms with Crippen LogP contribution in [0.2, 0.25) is 0 Å². The molecule has 0 aliphatic carbocycles. The van der Waals surface area contributed by atoms with Crippen molar-refractivity contribution in [1.29, 1.82) is 0 Å². The minimum atomic E-state index is -4.15. The first-order chi connectivity index (χ1) is 15.9. The summed E-state index contributed by atoms with van der Waals surface area (Å²) in [4.78, 5) is 13.6. The van der Waals surface area contributed by atoms with Gasteiger partial charge in [0.15, 0.2) is 5.82 Å². The van der Waals surface area contributed by atoms with E-state index in [9.17, 15) is 17.6 Å². The fraction of sp³-hybridized carbons (Fsp3) is 0.478. The van der Waals surface area contributed by atoms with Crippen molar-refractivity contribution < 1.29 is 17.6 Å². The number of anilines is 2. The van der Waals surface area contributed by atoms with Gasteiger partial charge in [0, 0.05) is 29.8 Å². The SMILES string of the molecule is CC1=Nc2ccc(-c3ccn4nc(NCC(C)(C)F)nc(N)c34)nc2CC1CCCC(F)(F)F. The second kappa shape index (κ2) is 8.84. The summed E-state index contributed by atoms with van der Waals surface area (Å²) < 4.78 is 53.0. The van der Waals surface area contributed by atoms with Gasteiger partial charge in [0.05, 0.1) is 23.6 Å². The highest BCUT2D eigenvalue weighted by Gasteiger charge is 2.28. The number of fused-ring (bicyclic) bond motifs is 2. The normalized spacial score (nSPS) is 16.4. The summed E-state index contributed by atoms with van der Waals surface area (Å²) in [5.41, 5.74) is 8.98. The molecule has 4 rings (SSSR count). The topological polar surface area (TPSA) is 93.5 Å². The molecule has 34 heavy (non-hydrogen) atoms. The molecule has 0 amide bonds. The number of nitrogens with two attached hydrogens (primary N) is 1. The number of halogens is 4. The summed E-state index contributed by atoms with van der Waals surface area (Å²) >= 11 is 0. The van der Waals surface area contributed by atoms with E-state index >= 15 is 0 Å². The number of aromatic nitrogens is 4. The smallest absolute Gasteiger partial charge is 0.382 e. The van der Waals surface area contributed by atoms with Gasteiger partial charge in [-0.15, -0.1) is 5.10 Å². The molecule has 0 saturated carbocycles. The van der Waals surface area contributed by atoms with E-state index < -0.39 is 18.3 Å². The number of rotatable bonds is 7. The molecule has 7 nitrogen and oxygen atoms in total. The summed E-state index contributed by atoms with van der Waals surface area (Å²) in [6.07, 6.45) is -2.24. The van der Waals surface area contributed by atoms with E-state index in [-0.39, 0.29) is 30.6 Å². The van der Waals surface area contributed by atoms with Gasteiger partial charge in [0.1, 0.15) is 11.2 Å². The van der Waals surface area contributed by atoms with Crippen molar-refractivity contribution in [1.82, 2.24) is 19.6 Å². The molecule has 0 bridgehead atoms. The summed E-state index contributed by atoms with van der Waals surface area (Å²) in [5, 5.41) is 7.20. The van der Waals surface area contributed by atoms with E-state index in [0.717, 1.165) is 22.7 Å². The van der Waals surface area contributed by atoms with Crippen molar-refractivity contribution in [2.24, 2.45) is 10.9 Å². The fourth-order valence-corrected chi connectivity index (χ4v) is 4.04. The zero-order valence-electron chi connectivity index (χ0n) is 19.2. The molecule has 1 unspecified atom stereocenters. The van der Waals surface area contributed by atoms with Gasteiger partial charge in [-0.05, 0) is 58.2 Å². The van der Waals surface area contributed by atoms with E-state index in [1.807, 2.05) is 25.1 Å². The molecule has 3 aromatic rings. The number of pyridine rings is 1. The highest BCUT2D eigenvalue weighted by molar-refractivity contribution is 5.90. The first kappa shape index (κ1) is 23.9. The van der Waals surface area contributed by atoms with Crippen LogP contribution in [0.25, 0.3) is 16.8 Å². The monoisotopic (exact) mass is 477 g/mol. The van der Waals surface area contributed by atoms with Crippen LogP contribution >= 0.6 is 0 Å². The van der Waals surface area contributed by atoms with E-state index in [1.54, 1.807) is 10.7 Å². The first-order valence-corrected chi connectivity index (χ1v) is 11.1. The summed E-state index contributed by atoms with van der Waals surface area (Å²) in [5.74, 6) is 0.348. The van der Waals surface area contributed by atoms with Crippen molar-refractivity contribution in [3.8, 4) is 11.3 Å². The van der Waals surface area contributed by atoms with Gasteiger partial charge in [0.2, 0.25) is 5.95 Å². The number of nitrogens with zero attached hydrogens (tertiary/aromatic N) is 5. The van der Waals surface area contributed by atoms with Gasteiger partial charge in [-0.1, -0.05) is 0 Å². The van der Waals surface area contributed by atoms with Crippen LogP contribution in [-0.4, -0.2) is 43.7 Å². The number of nitrogen functional groups attached to an aromatic ring is 1. The Hall–Kier alpha value is -3.24. The molecule has 3 N–H and O–H groups in total. The maximum absolute atomic E-state index is 13.8. The molecule has 0 fully saturated rings. The molecule has 0 aromatic carbocycles. The van der Waals surface area contributed by atoms with Gasteiger partial charge < -0.3 is 11.1 Å². The average Bonchev–Trinajstić information content (AvgIpc) is 3.15. The maximum atomic E-state index is 13.8. The van der Waals surface area contributed by atoms with E-state index in [2.05, 4.69) is 20.4 Å². The molecule has 0 radical (unpaired) electrons. The Morgan fingerprint density at radius 3 is 2.62 bits per heavy atom. The Balaban J connectivity index is 1.58. The highest BCUT2D eigenvalue weighted by Crippen LogP contribution is 2.35. The van der Waals surface area contributed by atoms with Crippen molar-refractivity contribution in [3.05, 3.63) is 30.1 Å². The molecular weight excluding hydrogens is 450 g/mol. The van der Waals surface area contributed by atoms with Crippen LogP contribution in [0.1, 0.15) is 45.7 Å². The minimum absolute atomic E-state index is 0.0303. The molecule has 0 spiro atoms. The molecule has 1 aliphatic rings. The second-order valence-corrected chi connectivity index (χ2v) is 9.24. The van der Waals surface area contributed by atoms with Crippen LogP contribution in [0, 0.1) is 5.92 Å². The lowest BCUT2D eigenvalue weighted by atomic mass is 9.89. The Morgan fingerprint density at radius 2 is 1.91 bits per heavy atom. The van der Waals surface area contributed by atoms with Crippen LogP contribution < -0.4 is 11.1 Å². The molecular formula is C23H27F4N7. The third-order valence-corrected chi connectivity index (χ3v) is 5.77. The largest absolute Gasteiger partial charge is 0.389 e. The number of alkyl halides is 4. The fourth-order valence-electron chi connectivity index (χ4n) is 4.04. The Labute approximate surface area is 194 Å². The molecule has 1 atom stereocenters. The molecule has 0 saturated heterocycles. The minimum Gasteiger partial charge on any atom is -0.382 e. The van der Waals surface area contributed by atoms with Gasteiger partial charge in [-0.25, -0.2) is 8.91 Å². The van der Waals surface area contributed by atoms with E-state index in [0.29, 0.717) is 24.1 Å². The van der Waals surface area contributed by atoms with Crippen LogP contribution in [0.15, 0.2) is 29.4 Å². The predicted molar refractivity (Wildman–Crippen MR) is 124 cm³/mol. The zero-order chi connectivity index (χ0) is 24.7. The van der Waals surface area contributed by atoms with Crippen LogP contribution in [-0.2, 0) is 6.42 Å². The Morgan fingerprint density at radius 1 is 1.15 bits per heavy atom. The number of hydrogen-bond acceptors (Lipinski definition) is 6. The molecule has 1 aliphatic heterocycles. The van der Waals surface area contributed by atoms with Gasteiger partial charge in [0.25, 0.3) is 0 Å². The summed E-state index contributed by atoms with van der Waals surface area (Å²) in [6, 6.07) is 5.50. The quantitative estimate of drug-likeness (QED) is 0.437. The highest BCUT2D eigenvalue weighted by atomic mass is 19.4. The van der Waals surface area contributed by atoms with Gasteiger partial charge in [-0.2, -0.15) is 18.2 Å². The predicted octanol–water partition coefficient (Wildman–Crippen LogP) is 5.53. The summed E-state index contributed by atoms with van der Waals surface area (Å²) in [6.45, 7) is 4.78. The van der Waals surface area contributed by atoms with Crippen LogP contribution in [0.4, 0.5) is 35.0 Å². The van der Waals surface area contributed by atoms with E-state index in [1.165, 1.54) is 13.8 Å². The van der Waals surface area contributed by atoms with Crippen LogP contribution in [0.3, 0.4) is 0 Å². The average molecular weight is 478 g/mol. The van der Waals surface area contributed by atoms with Crippen molar-refractivity contribution in [3.63, 3.8) is 0 Å². The number of nitrogens with one attached hydrogen (secondary N) is 1. The zero-order valence-corrected chi connectivity index (χ0v) is 19.2. The first-order valence-electron chi connectivity index (χ1n) is 11.1. The van der Waals surface area contributed by atoms with E-state index in [4.69, 9.17) is 10.7 Å². The Bertz CT molecular complexity index is 1220. The number of hydrogen-bond donors (Lipinski definition) is 2. The van der Waals surface area contributed by atoms with Crippen molar-refractivity contribution >= 4 is 28.7 Å². The Kier molecular flexibility index (Phi) is 6.22. The molecule has 11 heteroatoms. The lowest BCUT2D eigenvalue weighted by Crippen LogP contribution is -2.25. The van der Waals surface area contributed by atoms with Gasteiger partial charge in [-0.3, -0.25) is 9.98 Å². The van der Waals surface area contributed by atoms with Crippen LogP contribution in [0.5, 0.6) is 0 Å². The third-order valence-electron chi connectivity index (χ3n) is 5.77. The molecule has 3 aromatic heterocycles. The van der Waals surface area contributed by atoms with Crippen molar-refractivity contribution in [2.75, 3.05) is 17.6 Å². The lowest BCUT2D eigenvalue weighted by Gasteiger charge is -2.23. The maximum Gasteiger partial charge on any atom is 0.389 e. The van der Waals surface area contributed by atoms with Crippen molar-refractivity contribution in [2.45, 2.75) is 58.3 Å². The molecule has 4 heterocycles.